The Morgan fingerprint density at radius 2 is 2.11 bits per heavy atom. The van der Waals surface area contributed by atoms with Gasteiger partial charge in [0.15, 0.2) is 0 Å². The Hall–Kier alpha value is -2.10. The first-order valence-corrected chi connectivity index (χ1v) is 6.27. The molecule has 0 radical (unpaired) electrons. The molecule has 0 aliphatic carbocycles. The van der Waals surface area contributed by atoms with Crippen LogP contribution in [0.5, 0.6) is 5.88 Å². The first-order chi connectivity index (χ1) is 9.19. The van der Waals surface area contributed by atoms with E-state index in [-0.39, 0.29) is 5.82 Å². The van der Waals surface area contributed by atoms with Gasteiger partial charge >= 0.3 is 0 Å². The third-order valence-corrected chi connectivity index (χ3v) is 2.76. The number of nitrogens with zero attached hydrogens (tertiary/aromatic N) is 1. The molecule has 0 amide bonds. The Balaban J connectivity index is 1.96. The third kappa shape index (κ3) is 3.68. The maximum Gasteiger partial charge on any atom is 0.213 e. The van der Waals surface area contributed by atoms with Gasteiger partial charge in [-0.1, -0.05) is 12.1 Å². The molecule has 0 bridgehead atoms. The molecule has 0 aliphatic heterocycles. The summed E-state index contributed by atoms with van der Waals surface area (Å²) in [7, 11) is 0. The lowest BCUT2D eigenvalue weighted by Gasteiger charge is -2.08. The normalized spacial score (nSPS) is 10.3. The molecule has 2 rings (SSSR count). The fourth-order valence-corrected chi connectivity index (χ4v) is 1.67. The van der Waals surface area contributed by atoms with E-state index in [0.29, 0.717) is 24.6 Å². The number of nitrogens with one attached hydrogen (secondary N) is 1. The SMILES string of the molecule is CCOc1ccc(NCc2ccc(C)c(F)c2)cn1. The smallest absolute Gasteiger partial charge is 0.213 e. The molecule has 2 aromatic rings. The topological polar surface area (TPSA) is 34.1 Å². The van der Waals surface area contributed by atoms with Crippen LogP contribution in [0.1, 0.15) is 18.1 Å². The van der Waals surface area contributed by atoms with Gasteiger partial charge in [-0.25, -0.2) is 9.37 Å². The van der Waals surface area contributed by atoms with E-state index in [4.69, 9.17) is 4.74 Å². The van der Waals surface area contributed by atoms with Gasteiger partial charge in [0, 0.05) is 12.6 Å². The summed E-state index contributed by atoms with van der Waals surface area (Å²) in [4.78, 5) is 4.15. The molecule has 1 N–H and O–H groups in total. The van der Waals surface area contributed by atoms with E-state index in [2.05, 4.69) is 10.3 Å². The summed E-state index contributed by atoms with van der Waals surface area (Å²) in [6, 6.07) is 8.94. The molecule has 4 heteroatoms. The number of ether oxygens (including phenoxy) is 1. The van der Waals surface area contributed by atoms with E-state index in [1.54, 1.807) is 25.3 Å². The van der Waals surface area contributed by atoms with Crippen LogP contribution in [0.4, 0.5) is 10.1 Å². The number of anilines is 1. The molecule has 0 spiro atoms. The van der Waals surface area contributed by atoms with Gasteiger partial charge in [0.05, 0.1) is 18.5 Å². The third-order valence-electron chi connectivity index (χ3n) is 2.76. The van der Waals surface area contributed by atoms with E-state index in [1.807, 2.05) is 25.1 Å². The van der Waals surface area contributed by atoms with Gasteiger partial charge in [0.1, 0.15) is 5.82 Å². The number of hydrogen-bond acceptors (Lipinski definition) is 3. The monoisotopic (exact) mass is 260 g/mol. The molecule has 3 nitrogen and oxygen atoms in total. The average molecular weight is 260 g/mol. The molecule has 0 aliphatic rings. The molecular formula is C15H17FN2O. The van der Waals surface area contributed by atoms with E-state index in [0.717, 1.165) is 11.3 Å². The lowest BCUT2D eigenvalue weighted by atomic mass is 10.1. The van der Waals surface area contributed by atoms with E-state index < -0.39 is 0 Å². The molecule has 100 valence electrons. The summed E-state index contributed by atoms with van der Waals surface area (Å²) in [6.07, 6.45) is 1.70. The molecule has 0 unspecified atom stereocenters. The summed E-state index contributed by atoms with van der Waals surface area (Å²) in [5, 5.41) is 3.19. The Labute approximate surface area is 112 Å². The van der Waals surface area contributed by atoms with Crippen LogP contribution in [-0.4, -0.2) is 11.6 Å². The van der Waals surface area contributed by atoms with Gasteiger partial charge in [-0.2, -0.15) is 0 Å². The number of hydrogen-bond donors (Lipinski definition) is 1. The van der Waals surface area contributed by atoms with Crippen LogP contribution in [0.3, 0.4) is 0 Å². The second-order valence-corrected chi connectivity index (χ2v) is 4.26. The van der Waals surface area contributed by atoms with Gasteiger partial charge in [0.2, 0.25) is 5.88 Å². The molecule has 0 atom stereocenters. The lowest BCUT2D eigenvalue weighted by molar-refractivity contribution is 0.327. The fourth-order valence-electron chi connectivity index (χ4n) is 1.67. The quantitative estimate of drug-likeness (QED) is 0.892. The number of rotatable bonds is 5. The van der Waals surface area contributed by atoms with Crippen molar-refractivity contribution in [1.82, 2.24) is 4.98 Å². The molecule has 1 heterocycles. The minimum Gasteiger partial charge on any atom is -0.478 e. The van der Waals surface area contributed by atoms with Crippen LogP contribution in [0.2, 0.25) is 0 Å². The highest BCUT2D eigenvalue weighted by Crippen LogP contribution is 2.14. The average Bonchev–Trinajstić information content (AvgIpc) is 2.42. The maximum atomic E-state index is 13.4. The number of aryl methyl sites for hydroxylation is 1. The lowest BCUT2D eigenvalue weighted by Crippen LogP contribution is -2.01. The van der Waals surface area contributed by atoms with Crippen LogP contribution in [-0.2, 0) is 6.54 Å². The van der Waals surface area contributed by atoms with Crippen molar-refractivity contribution >= 4 is 5.69 Å². The van der Waals surface area contributed by atoms with Crippen molar-refractivity contribution in [2.75, 3.05) is 11.9 Å². The molecular weight excluding hydrogens is 243 g/mol. The van der Waals surface area contributed by atoms with E-state index in [1.165, 1.54) is 0 Å². The van der Waals surface area contributed by atoms with Crippen molar-refractivity contribution in [2.24, 2.45) is 0 Å². The van der Waals surface area contributed by atoms with Crippen molar-refractivity contribution in [2.45, 2.75) is 20.4 Å². The predicted molar refractivity (Wildman–Crippen MR) is 73.9 cm³/mol. The highest BCUT2D eigenvalue weighted by atomic mass is 19.1. The largest absolute Gasteiger partial charge is 0.478 e. The molecule has 0 fully saturated rings. The van der Waals surface area contributed by atoms with Gasteiger partial charge in [-0.15, -0.1) is 0 Å². The van der Waals surface area contributed by atoms with Crippen molar-refractivity contribution in [3.8, 4) is 5.88 Å². The van der Waals surface area contributed by atoms with Crippen LogP contribution in [0.25, 0.3) is 0 Å². The maximum absolute atomic E-state index is 13.4. The minimum absolute atomic E-state index is 0.177. The molecule has 1 aromatic carbocycles. The van der Waals surface area contributed by atoms with Crippen LogP contribution in [0.15, 0.2) is 36.5 Å². The summed E-state index contributed by atoms with van der Waals surface area (Å²) in [5.74, 6) is 0.429. The Bertz CT molecular complexity index is 540. The standard InChI is InChI=1S/C15H17FN2O/c1-3-19-15-7-6-13(10-18-15)17-9-12-5-4-11(2)14(16)8-12/h4-8,10,17H,3,9H2,1-2H3. The summed E-state index contributed by atoms with van der Waals surface area (Å²) >= 11 is 0. The van der Waals surface area contributed by atoms with Crippen LogP contribution < -0.4 is 10.1 Å². The first kappa shape index (κ1) is 13.3. The van der Waals surface area contributed by atoms with Crippen molar-refractivity contribution in [3.63, 3.8) is 0 Å². The highest BCUT2D eigenvalue weighted by molar-refractivity contribution is 5.42. The molecule has 19 heavy (non-hydrogen) atoms. The highest BCUT2D eigenvalue weighted by Gasteiger charge is 2.00. The first-order valence-electron chi connectivity index (χ1n) is 6.27. The number of benzene rings is 1. The summed E-state index contributed by atoms with van der Waals surface area (Å²) in [6.45, 7) is 4.83. The predicted octanol–water partition coefficient (Wildman–Crippen LogP) is 3.54. The van der Waals surface area contributed by atoms with Crippen molar-refractivity contribution < 1.29 is 9.13 Å². The van der Waals surface area contributed by atoms with Gasteiger partial charge in [0.25, 0.3) is 0 Å². The Kier molecular flexibility index (Phi) is 4.34. The van der Waals surface area contributed by atoms with Crippen molar-refractivity contribution in [1.29, 1.82) is 0 Å². The molecule has 1 aromatic heterocycles. The summed E-state index contributed by atoms with van der Waals surface area (Å²) < 4.78 is 18.7. The number of halogens is 1. The zero-order valence-electron chi connectivity index (χ0n) is 11.1. The zero-order valence-corrected chi connectivity index (χ0v) is 11.1. The fraction of sp³-hybridized carbons (Fsp3) is 0.267. The minimum atomic E-state index is -0.177. The molecule has 0 saturated heterocycles. The van der Waals surface area contributed by atoms with Gasteiger partial charge in [-0.3, -0.25) is 0 Å². The second-order valence-electron chi connectivity index (χ2n) is 4.26. The number of aromatic nitrogens is 1. The Morgan fingerprint density at radius 3 is 2.74 bits per heavy atom. The van der Waals surface area contributed by atoms with Gasteiger partial charge in [-0.05, 0) is 37.1 Å². The van der Waals surface area contributed by atoms with E-state index >= 15 is 0 Å². The van der Waals surface area contributed by atoms with Crippen molar-refractivity contribution in [3.05, 3.63) is 53.5 Å². The second kappa shape index (κ2) is 6.18. The zero-order chi connectivity index (χ0) is 13.7. The van der Waals surface area contributed by atoms with Crippen LogP contribution in [0, 0.1) is 12.7 Å². The molecule has 0 saturated carbocycles. The summed E-state index contributed by atoms with van der Waals surface area (Å²) in [5.41, 5.74) is 2.44. The van der Waals surface area contributed by atoms with Gasteiger partial charge < -0.3 is 10.1 Å². The van der Waals surface area contributed by atoms with Crippen LogP contribution >= 0.6 is 0 Å². The number of pyridine rings is 1. The Morgan fingerprint density at radius 1 is 1.26 bits per heavy atom. The van der Waals surface area contributed by atoms with E-state index in [9.17, 15) is 4.39 Å².